The van der Waals surface area contributed by atoms with Crippen LogP contribution in [0.25, 0.3) is 10.9 Å². The zero-order chi connectivity index (χ0) is 13.7. The summed E-state index contributed by atoms with van der Waals surface area (Å²) in [5, 5.41) is 7.20. The number of fused-ring (bicyclic) bond motifs is 1. The number of hydrogen-bond donors (Lipinski definition) is 3. The molecule has 0 atom stereocenters. The second-order valence-electron chi connectivity index (χ2n) is 4.76. The van der Waals surface area contributed by atoms with Crippen molar-refractivity contribution >= 4 is 16.8 Å². The van der Waals surface area contributed by atoms with Crippen molar-refractivity contribution < 1.29 is 4.79 Å². The molecule has 3 N–H and O–H groups in total. The van der Waals surface area contributed by atoms with E-state index in [1.54, 1.807) is 0 Å². The van der Waals surface area contributed by atoms with Gasteiger partial charge in [-0.05, 0) is 37.6 Å². The van der Waals surface area contributed by atoms with Crippen LogP contribution in [0.15, 0.2) is 24.4 Å². The van der Waals surface area contributed by atoms with Gasteiger partial charge in [-0.15, -0.1) is 0 Å². The van der Waals surface area contributed by atoms with Gasteiger partial charge in [0.25, 0.3) is 0 Å². The SMILES string of the molecule is CNCCC(=O)NCCc1c[nH]c2cccc(C)c12. The lowest BCUT2D eigenvalue weighted by atomic mass is 10.1. The van der Waals surface area contributed by atoms with Gasteiger partial charge < -0.3 is 15.6 Å². The Balaban J connectivity index is 1.93. The first-order valence-corrected chi connectivity index (χ1v) is 6.69. The van der Waals surface area contributed by atoms with Crippen molar-refractivity contribution in [2.45, 2.75) is 19.8 Å². The summed E-state index contributed by atoms with van der Waals surface area (Å²) in [6.07, 6.45) is 3.43. The van der Waals surface area contributed by atoms with Gasteiger partial charge in [0.2, 0.25) is 5.91 Å². The summed E-state index contributed by atoms with van der Waals surface area (Å²) in [4.78, 5) is 14.8. The van der Waals surface area contributed by atoms with Gasteiger partial charge in [0, 0.05) is 36.6 Å². The molecule has 0 bridgehead atoms. The molecule has 0 aliphatic carbocycles. The van der Waals surface area contributed by atoms with Gasteiger partial charge in [-0.1, -0.05) is 12.1 Å². The van der Waals surface area contributed by atoms with Crippen molar-refractivity contribution in [3.63, 3.8) is 0 Å². The van der Waals surface area contributed by atoms with Crippen molar-refractivity contribution in [2.75, 3.05) is 20.1 Å². The Labute approximate surface area is 113 Å². The number of aryl methyl sites for hydroxylation is 1. The molecule has 4 heteroatoms. The molecule has 19 heavy (non-hydrogen) atoms. The van der Waals surface area contributed by atoms with E-state index in [0.29, 0.717) is 13.0 Å². The Morgan fingerprint density at radius 1 is 1.32 bits per heavy atom. The van der Waals surface area contributed by atoms with E-state index in [1.807, 2.05) is 13.2 Å². The lowest BCUT2D eigenvalue weighted by molar-refractivity contribution is -0.120. The molecule has 1 aromatic heterocycles. The number of carbonyl (C=O) groups excluding carboxylic acids is 1. The van der Waals surface area contributed by atoms with Crippen molar-refractivity contribution in [1.29, 1.82) is 0 Å². The van der Waals surface area contributed by atoms with E-state index in [0.717, 1.165) is 18.5 Å². The van der Waals surface area contributed by atoms with E-state index >= 15 is 0 Å². The lowest BCUT2D eigenvalue weighted by Crippen LogP contribution is -2.28. The van der Waals surface area contributed by atoms with Crippen LogP contribution >= 0.6 is 0 Å². The van der Waals surface area contributed by atoms with Gasteiger partial charge in [0.1, 0.15) is 0 Å². The third kappa shape index (κ3) is 3.35. The molecule has 0 radical (unpaired) electrons. The second-order valence-corrected chi connectivity index (χ2v) is 4.76. The van der Waals surface area contributed by atoms with Gasteiger partial charge in [-0.3, -0.25) is 4.79 Å². The van der Waals surface area contributed by atoms with Gasteiger partial charge in [-0.25, -0.2) is 0 Å². The molecule has 0 fully saturated rings. The third-order valence-corrected chi connectivity index (χ3v) is 3.31. The van der Waals surface area contributed by atoms with Crippen molar-refractivity contribution in [2.24, 2.45) is 0 Å². The van der Waals surface area contributed by atoms with Gasteiger partial charge in [-0.2, -0.15) is 0 Å². The molecule has 1 amide bonds. The van der Waals surface area contributed by atoms with Crippen LogP contribution in [0.3, 0.4) is 0 Å². The maximum atomic E-state index is 11.5. The molecule has 0 spiro atoms. The van der Waals surface area contributed by atoms with Crippen LogP contribution in [0.4, 0.5) is 0 Å². The number of aromatic amines is 1. The molecule has 102 valence electrons. The maximum absolute atomic E-state index is 11.5. The number of carbonyl (C=O) groups is 1. The van der Waals surface area contributed by atoms with Crippen LogP contribution < -0.4 is 10.6 Å². The zero-order valence-electron chi connectivity index (χ0n) is 11.5. The molecule has 2 aromatic rings. The second kappa shape index (κ2) is 6.38. The van der Waals surface area contributed by atoms with Gasteiger partial charge >= 0.3 is 0 Å². The zero-order valence-corrected chi connectivity index (χ0v) is 11.5. The summed E-state index contributed by atoms with van der Waals surface area (Å²) in [6, 6.07) is 6.25. The van der Waals surface area contributed by atoms with Crippen LogP contribution in [-0.2, 0) is 11.2 Å². The maximum Gasteiger partial charge on any atom is 0.221 e. The standard InChI is InChI=1S/C15H21N3O/c1-11-4-3-5-13-15(11)12(10-18-13)6-9-17-14(19)7-8-16-2/h3-5,10,16,18H,6-9H2,1-2H3,(H,17,19). The van der Waals surface area contributed by atoms with Crippen molar-refractivity contribution in [3.8, 4) is 0 Å². The molecular formula is C15H21N3O. The predicted octanol–water partition coefficient (Wildman–Crippen LogP) is 1.74. The normalized spacial score (nSPS) is 10.8. The summed E-state index contributed by atoms with van der Waals surface area (Å²) >= 11 is 0. The molecule has 1 heterocycles. The Kier molecular flexibility index (Phi) is 4.58. The molecule has 0 aliphatic heterocycles. The van der Waals surface area contributed by atoms with E-state index in [4.69, 9.17) is 0 Å². The number of benzene rings is 1. The number of aromatic nitrogens is 1. The minimum absolute atomic E-state index is 0.103. The minimum atomic E-state index is 0.103. The summed E-state index contributed by atoms with van der Waals surface area (Å²) in [5.41, 5.74) is 3.70. The average Bonchev–Trinajstić information content (AvgIpc) is 2.81. The summed E-state index contributed by atoms with van der Waals surface area (Å²) < 4.78 is 0. The number of amides is 1. The molecule has 4 nitrogen and oxygen atoms in total. The van der Waals surface area contributed by atoms with Crippen LogP contribution in [0.5, 0.6) is 0 Å². The van der Waals surface area contributed by atoms with Crippen molar-refractivity contribution in [1.82, 2.24) is 15.6 Å². The Hall–Kier alpha value is -1.81. The third-order valence-electron chi connectivity index (χ3n) is 3.31. The van der Waals surface area contributed by atoms with E-state index in [9.17, 15) is 4.79 Å². The van der Waals surface area contributed by atoms with Gasteiger partial charge in [0.05, 0.1) is 0 Å². The highest BCUT2D eigenvalue weighted by molar-refractivity contribution is 5.86. The molecule has 2 rings (SSSR count). The average molecular weight is 259 g/mol. The molecule has 0 unspecified atom stereocenters. The Morgan fingerprint density at radius 2 is 2.16 bits per heavy atom. The van der Waals surface area contributed by atoms with Crippen LogP contribution in [0.2, 0.25) is 0 Å². The first-order valence-electron chi connectivity index (χ1n) is 6.69. The summed E-state index contributed by atoms with van der Waals surface area (Å²) in [5.74, 6) is 0.103. The van der Waals surface area contributed by atoms with Crippen LogP contribution in [0.1, 0.15) is 17.5 Å². The first-order chi connectivity index (χ1) is 9.22. The monoisotopic (exact) mass is 259 g/mol. The van der Waals surface area contributed by atoms with Gasteiger partial charge in [0.15, 0.2) is 0 Å². The van der Waals surface area contributed by atoms with Crippen LogP contribution in [0, 0.1) is 6.92 Å². The number of hydrogen-bond acceptors (Lipinski definition) is 2. The first kappa shape index (κ1) is 13.6. The molecule has 1 aromatic carbocycles. The summed E-state index contributed by atoms with van der Waals surface area (Å²) in [6.45, 7) is 3.52. The van der Waals surface area contributed by atoms with Crippen molar-refractivity contribution in [3.05, 3.63) is 35.5 Å². The summed E-state index contributed by atoms with van der Waals surface area (Å²) in [7, 11) is 1.85. The van der Waals surface area contributed by atoms with E-state index in [-0.39, 0.29) is 5.91 Å². The number of rotatable bonds is 6. The number of nitrogens with one attached hydrogen (secondary N) is 3. The molecule has 0 saturated carbocycles. The smallest absolute Gasteiger partial charge is 0.221 e. The fraction of sp³-hybridized carbons (Fsp3) is 0.400. The predicted molar refractivity (Wildman–Crippen MR) is 78.3 cm³/mol. The Bertz CT molecular complexity index is 560. The number of H-pyrrole nitrogens is 1. The highest BCUT2D eigenvalue weighted by Crippen LogP contribution is 2.22. The Morgan fingerprint density at radius 3 is 2.95 bits per heavy atom. The lowest BCUT2D eigenvalue weighted by Gasteiger charge is -2.05. The molecule has 0 aliphatic rings. The highest BCUT2D eigenvalue weighted by atomic mass is 16.1. The highest BCUT2D eigenvalue weighted by Gasteiger charge is 2.06. The van der Waals surface area contributed by atoms with Crippen LogP contribution in [-0.4, -0.2) is 31.0 Å². The van der Waals surface area contributed by atoms with E-state index < -0.39 is 0 Å². The fourth-order valence-electron chi connectivity index (χ4n) is 2.31. The van der Waals surface area contributed by atoms with E-state index in [2.05, 4.69) is 40.7 Å². The van der Waals surface area contributed by atoms with E-state index in [1.165, 1.54) is 16.5 Å². The topological polar surface area (TPSA) is 56.9 Å². The molecular weight excluding hydrogens is 238 g/mol. The molecule has 0 saturated heterocycles. The minimum Gasteiger partial charge on any atom is -0.361 e. The fourth-order valence-corrected chi connectivity index (χ4v) is 2.31. The quantitative estimate of drug-likeness (QED) is 0.740. The largest absolute Gasteiger partial charge is 0.361 e.